The molecule has 1 aromatic rings. The average Bonchev–Trinajstić information content (AvgIpc) is 2.70. The largest absolute Gasteiger partial charge is 0.379 e. The molecule has 1 saturated heterocycles. The number of aryl methyl sites for hydroxylation is 1. The van der Waals surface area contributed by atoms with Crippen molar-refractivity contribution in [3.05, 3.63) is 18.5 Å². The molecule has 2 heterocycles. The second-order valence-corrected chi connectivity index (χ2v) is 3.79. The first-order valence-electron chi connectivity index (χ1n) is 5.56. The lowest BCUT2D eigenvalue weighted by atomic mass is 10.1. The van der Waals surface area contributed by atoms with Crippen molar-refractivity contribution in [3.63, 3.8) is 0 Å². The predicted octanol–water partition coefficient (Wildman–Crippen LogP) is 2.70. The van der Waals surface area contributed by atoms with Crippen LogP contribution in [-0.4, -0.2) is 41.5 Å². The summed E-state index contributed by atoms with van der Waals surface area (Å²) >= 11 is 0. The first-order valence-corrected chi connectivity index (χ1v) is 5.56. The summed E-state index contributed by atoms with van der Waals surface area (Å²) in [5.41, 5.74) is 0. The maximum atomic E-state index is 9.67. The Labute approximate surface area is 100 Å². The summed E-state index contributed by atoms with van der Waals surface area (Å²) in [5, 5.41) is 3.83. The number of likely N-dealkylation sites (tertiary alicyclic amines) is 1. The van der Waals surface area contributed by atoms with E-state index in [4.69, 9.17) is 0 Å². The highest BCUT2D eigenvalue weighted by molar-refractivity contribution is 4.75. The van der Waals surface area contributed by atoms with Gasteiger partial charge in [0, 0.05) is 19.4 Å². The van der Waals surface area contributed by atoms with Crippen molar-refractivity contribution in [1.82, 2.24) is 14.7 Å². The van der Waals surface area contributed by atoms with Crippen LogP contribution in [0.15, 0.2) is 18.5 Å². The van der Waals surface area contributed by atoms with Crippen molar-refractivity contribution in [2.45, 2.75) is 25.9 Å². The summed E-state index contributed by atoms with van der Waals surface area (Å²) in [6.45, 7) is -1.03. The fourth-order valence-electron chi connectivity index (χ4n) is 1.40. The molecular formula is C11H20F3N3. The molecule has 17 heavy (non-hydrogen) atoms. The van der Waals surface area contributed by atoms with Crippen LogP contribution in [0.5, 0.6) is 0 Å². The highest BCUT2D eigenvalue weighted by atomic mass is 19.4. The highest BCUT2D eigenvalue weighted by Crippen LogP contribution is 2.04. The summed E-state index contributed by atoms with van der Waals surface area (Å²) in [7, 11) is 4.08. The highest BCUT2D eigenvalue weighted by Gasteiger charge is 2.02. The van der Waals surface area contributed by atoms with Gasteiger partial charge in [0.05, 0.1) is 0 Å². The normalized spacial score (nSPS) is 15.6. The van der Waals surface area contributed by atoms with Gasteiger partial charge in [-0.05, 0) is 39.0 Å². The molecule has 0 spiro atoms. The molecule has 0 aliphatic carbocycles. The zero-order valence-electron chi connectivity index (χ0n) is 10.3. The van der Waals surface area contributed by atoms with Crippen LogP contribution in [0, 0.1) is 0 Å². The van der Waals surface area contributed by atoms with E-state index < -0.39 is 6.68 Å². The molecule has 1 aromatic heterocycles. The molecule has 0 N–H and O–H groups in total. The number of piperidine rings is 1. The van der Waals surface area contributed by atoms with Crippen molar-refractivity contribution in [3.8, 4) is 0 Å². The van der Waals surface area contributed by atoms with E-state index in [1.54, 1.807) is 10.9 Å². The molecule has 3 nitrogen and oxygen atoms in total. The van der Waals surface area contributed by atoms with Gasteiger partial charge in [0.2, 0.25) is 0 Å². The van der Waals surface area contributed by atoms with E-state index in [9.17, 15) is 13.2 Å². The molecule has 2 rings (SSSR count). The molecule has 0 radical (unpaired) electrons. The number of hydrogen-bond donors (Lipinski definition) is 0. The molecule has 0 saturated carbocycles. The van der Waals surface area contributed by atoms with Crippen LogP contribution in [0.2, 0.25) is 0 Å². The van der Waals surface area contributed by atoms with Gasteiger partial charge in [-0.15, -0.1) is 0 Å². The molecule has 1 aliphatic heterocycles. The molecular weight excluding hydrogens is 231 g/mol. The summed E-state index contributed by atoms with van der Waals surface area (Å²) in [5.74, 6) is 0. The lowest BCUT2D eigenvalue weighted by Gasteiger charge is -2.20. The summed E-state index contributed by atoms with van der Waals surface area (Å²) in [4.78, 5) is 2.39. The summed E-state index contributed by atoms with van der Waals surface area (Å²) < 4.78 is 30.8. The van der Waals surface area contributed by atoms with Gasteiger partial charge in [0.15, 0.2) is 0 Å². The zero-order valence-corrected chi connectivity index (χ0v) is 10.3. The van der Waals surface area contributed by atoms with Crippen LogP contribution in [0.1, 0.15) is 19.3 Å². The quantitative estimate of drug-likeness (QED) is 0.707. The standard InChI is InChI=1S/C6H13N.C4H6N2.CHF3/c1-7-5-3-2-4-6-7;1-6-4-2-3-5-6;2-1(3)4/h2-6H2,1H3;2-4H,1H3;1H. The second kappa shape index (κ2) is 10.1. The molecule has 1 aliphatic rings. The van der Waals surface area contributed by atoms with Crippen LogP contribution in [0.25, 0.3) is 0 Å². The number of alkyl halides is 3. The van der Waals surface area contributed by atoms with Gasteiger partial charge >= 0.3 is 6.68 Å². The van der Waals surface area contributed by atoms with E-state index in [0.29, 0.717) is 0 Å². The molecule has 6 heteroatoms. The average molecular weight is 251 g/mol. The van der Waals surface area contributed by atoms with Crippen molar-refractivity contribution in [2.75, 3.05) is 20.1 Å². The Morgan fingerprint density at radius 3 is 1.76 bits per heavy atom. The molecule has 0 aromatic carbocycles. The van der Waals surface area contributed by atoms with Gasteiger partial charge < -0.3 is 4.90 Å². The van der Waals surface area contributed by atoms with Crippen molar-refractivity contribution >= 4 is 0 Å². The van der Waals surface area contributed by atoms with Crippen molar-refractivity contribution in [2.24, 2.45) is 7.05 Å². The Morgan fingerprint density at radius 1 is 1.06 bits per heavy atom. The van der Waals surface area contributed by atoms with Gasteiger partial charge in [-0.1, -0.05) is 6.42 Å². The van der Waals surface area contributed by atoms with Crippen molar-refractivity contribution < 1.29 is 13.2 Å². The summed E-state index contributed by atoms with van der Waals surface area (Å²) in [6, 6.07) is 1.89. The Kier molecular flexibility index (Phi) is 9.52. The maximum absolute atomic E-state index is 9.67. The number of halogens is 3. The lowest BCUT2D eigenvalue weighted by molar-refractivity contribution is 0.00819. The fourth-order valence-corrected chi connectivity index (χ4v) is 1.40. The number of rotatable bonds is 0. The SMILES string of the molecule is CN1CCCCC1.Cn1cccn1.FC(F)F. The van der Waals surface area contributed by atoms with Gasteiger partial charge in [-0.2, -0.15) is 18.3 Å². The van der Waals surface area contributed by atoms with E-state index in [0.717, 1.165) is 0 Å². The third kappa shape index (κ3) is 12.9. The molecule has 0 amide bonds. The zero-order chi connectivity index (χ0) is 13.1. The van der Waals surface area contributed by atoms with Crippen LogP contribution < -0.4 is 0 Å². The molecule has 0 unspecified atom stereocenters. The van der Waals surface area contributed by atoms with Gasteiger partial charge in [-0.25, -0.2) is 0 Å². The minimum atomic E-state index is -3.67. The molecule has 100 valence electrons. The minimum Gasteiger partial charge on any atom is -0.306 e. The first kappa shape index (κ1) is 16.0. The fraction of sp³-hybridized carbons (Fsp3) is 0.727. The Bertz CT molecular complexity index is 244. The third-order valence-electron chi connectivity index (χ3n) is 2.22. The number of nitrogens with zero attached hydrogens (tertiary/aromatic N) is 3. The minimum absolute atomic E-state index is 1.32. The molecule has 1 fully saturated rings. The predicted molar refractivity (Wildman–Crippen MR) is 61.7 cm³/mol. The first-order chi connectivity index (χ1) is 8.02. The van der Waals surface area contributed by atoms with Gasteiger partial charge in [0.25, 0.3) is 0 Å². The molecule has 0 atom stereocenters. The van der Waals surface area contributed by atoms with Gasteiger partial charge in [0.1, 0.15) is 0 Å². The van der Waals surface area contributed by atoms with Crippen LogP contribution in [-0.2, 0) is 7.05 Å². The topological polar surface area (TPSA) is 21.1 Å². The monoisotopic (exact) mass is 251 g/mol. The van der Waals surface area contributed by atoms with Gasteiger partial charge in [-0.3, -0.25) is 4.68 Å². The smallest absolute Gasteiger partial charge is 0.306 e. The van der Waals surface area contributed by atoms with E-state index in [1.165, 1.54) is 32.4 Å². The second-order valence-electron chi connectivity index (χ2n) is 3.79. The van der Waals surface area contributed by atoms with E-state index in [1.807, 2.05) is 19.3 Å². The van der Waals surface area contributed by atoms with Crippen molar-refractivity contribution in [1.29, 1.82) is 0 Å². The Morgan fingerprint density at radius 2 is 1.59 bits per heavy atom. The van der Waals surface area contributed by atoms with E-state index in [2.05, 4.69) is 17.0 Å². The van der Waals surface area contributed by atoms with E-state index in [-0.39, 0.29) is 0 Å². The third-order valence-corrected chi connectivity index (χ3v) is 2.22. The lowest BCUT2D eigenvalue weighted by Crippen LogP contribution is -2.24. The summed E-state index contributed by atoms with van der Waals surface area (Å²) in [6.07, 6.45) is 7.91. The number of aromatic nitrogens is 2. The van der Waals surface area contributed by atoms with E-state index >= 15 is 0 Å². The Balaban J connectivity index is 0.000000236. The van der Waals surface area contributed by atoms with Crippen LogP contribution >= 0.6 is 0 Å². The maximum Gasteiger partial charge on any atom is 0.379 e. The van der Waals surface area contributed by atoms with Crippen LogP contribution in [0.3, 0.4) is 0 Å². The number of hydrogen-bond acceptors (Lipinski definition) is 2. The Hall–Kier alpha value is -1.04. The molecule has 0 bridgehead atoms. The van der Waals surface area contributed by atoms with Crippen LogP contribution in [0.4, 0.5) is 13.2 Å².